The molecule has 1 amide bonds. The highest BCUT2D eigenvalue weighted by molar-refractivity contribution is 7.20. The highest BCUT2D eigenvalue weighted by Gasteiger charge is 2.15. The first-order valence-corrected chi connectivity index (χ1v) is 9.89. The van der Waals surface area contributed by atoms with Gasteiger partial charge in [0.25, 0.3) is 5.91 Å². The van der Waals surface area contributed by atoms with Crippen LogP contribution in [0.4, 0.5) is 16.0 Å². The summed E-state index contributed by atoms with van der Waals surface area (Å²) in [5.41, 5.74) is 1.99. The topological polar surface area (TPSA) is 76.1 Å². The molecule has 0 aliphatic heterocycles. The third-order valence-corrected chi connectivity index (χ3v) is 5.59. The van der Waals surface area contributed by atoms with Crippen molar-refractivity contribution in [2.45, 2.75) is 13.8 Å². The van der Waals surface area contributed by atoms with Gasteiger partial charge in [-0.2, -0.15) is 0 Å². The molecule has 0 aliphatic rings. The Kier molecular flexibility index (Phi) is 5.79. The third-order valence-electron chi connectivity index (χ3n) is 3.55. The smallest absolute Gasteiger partial charge is 0.252 e. The standard InChI is InChI=1S/C18H17ClN4O2S2/c1-9(2)16(24)23-17-20-8-14(27-17)15-10(3)26-18(22-15)21-12-7-11(19)5-6-13(12)25-4/h5-8H,1H2,2-4H3,(H,21,22)(H,20,23,24). The van der Waals surface area contributed by atoms with Crippen LogP contribution in [0.2, 0.25) is 5.02 Å². The molecule has 0 bridgehead atoms. The summed E-state index contributed by atoms with van der Waals surface area (Å²) in [5, 5.41) is 7.79. The molecule has 0 fully saturated rings. The molecule has 6 nitrogen and oxygen atoms in total. The molecule has 0 radical (unpaired) electrons. The number of thiazole rings is 2. The van der Waals surface area contributed by atoms with E-state index in [0.29, 0.717) is 26.6 Å². The number of aryl methyl sites for hydroxylation is 1. The number of benzene rings is 1. The summed E-state index contributed by atoms with van der Waals surface area (Å²) in [6, 6.07) is 5.35. The number of nitrogens with one attached hydrogen (secondary N) is 2. The first-order valence-electron chi connectivity index (χ1n) is 7.88. The van der Waals surface area contributed by atoms with Gasteiger partial charge in [0, 0.05) is 21.7 Å². The van der Waals surface area contributed by atoms with Crippen molar-refractivity contribution < 1.29 is 9.53 Å². The molecule has 0 unspecified atom stereocenters. The SMILES string of the molecule is C=C(C)C(=O)Nc1ncc(-c2nc(Nc3cc(Cl)ccc3OC)sc2C)s1. The molecule has 0 atom stereocenters. The Hall–Kier alpha value is -2.42. The minimum atomic E-state index is -0.249. The van der Waals surface area contributed by atoms with Gasteiger partial charge in [-0.05, 0) is 32.0 Å². The van der Waals surface area contributed by atoms with Crippen molar-refractivity contribution in [3.63, 3.8) is 0 Å². The van der Waals surface area contributed by atoms with Crippen molar-refractivity contribution in [1.82, 2.24) is 9.97 Å². The number of methoxy groups -OCH3 is 1. The van der Waals surface area contributed by atoms with Crippen molar-refractivity contribution in [2.75, 3.05) is 17.7 Å². The van der Waals surface area contributed by atoms with Gasteiger partial charge in [-0.25, -0.2) is 9.97 Å². The number of carbonyl (C=O) groups is 1. The van der Waals surface area contributed by atoms with Crippen LogP contribution in [-0.2, 0) is 4.79 Å². The van der Waals surface area contributed by atoms with E-state index in [1.54, 1.807) is 38.4 Å². The number of anilines is 3. The van der Waals surface area contributed by atoms with Gasteiger partial charge in [0.05, 0.1) is 23.4 Å². The largest absolute Gasteiger partial charge is 0.495 e. The molecular formula is C18H17ClN4O2S2. The number of rotatable bonds is 6. The second-order valence-corrected chi connectivity index (χ2v) is 8.33. The zero-order valence-electron chi connectivity index (χ0n) is 14.9. The molecule has 2 aromatic heterocycles. The molecule has 0 aliphatic carbocycles. The molecule has 27 heavy (non-hydrogen) atoms. The average Bonchev–Trinajstić information content (AvgIpc) is 3.21. The van der Waals surface area contributed by atoms with Crippen LogP contribution in [0.15, 0.2) is 36.5 Å². The summed E-state index contributed by atoms with van der Waals surface area (Å²) in [4.78, 5) is 22.5. The fourth-order valence-corrected chi connectivity index (χ4v) is 4.15. The van der Waals surface area contributed by atoms with Gasteiger partial charge in [-0.15, -0.1) is 11.3 Å². The predicted octanol–water partition coefficient (Wildman–Crippen LogP) is 5.50. The number of ether oxygens (including phenoxy) is 1. The van der Waals surface area contributed by atoms with E-state index in [1.807, 2.05) is 6.92 Å². The van der Waals surface area contributed by atoms with Crippen molar-refractivity contribution in [3.05, 3.63) is 46.4 Å². The average molecular weight is 421 g/mol. The summed E-state index contributed by atoms with van der Waals surface area (Å²) in [5.74, 6) is 0.428. The molecule has 0 saturated carbocycles. The van der Waals surface area contributed by atoms with Crippen LogP contribution < -0.4 is 15.4 Å². The zero-order chi connectivity index (χ0) is 19.6. The lowest BCUT2D eigenvalue weighted by Crippen LogP contribution is -2.11. The highest BCUT2D eigenvalue weighted by Crippen LogP contribution is 2.38. The van der Waals surface area contributed by atoms with Crippen molar-refractivity contribution >= 4 is 56.1 Å². The maximum atomic E-state index is 11.7. The summed E-state index contributed by atoms with van der Waals surface area (Å²) in [6.07, 6.45) is 1.70. The number of aromatic nitrogens is 2. The predicted molar refractivity (Wildman–Crippen MR) is 113 cm³/mol. The monoisotopic (exact) mass is 420 g/mol. The van der Waals surface area contributed by atoms with Crippen molar-refractivity contribution in [1.29, 1.82) is 0 Å². The van der Waals surface area contributed by atoms with Crippen LogP contribution in [0.1, 0.15) is 11.8 Å². The fraction of sp³-hybridized carbons (Fsp3) is 0.167. The molecule has 9 heteroatoms. The van der Waals surface area contributed by atoms with Crippen LogP contribution in [-0.4, -0.2) is 23.0 Å². The van der Waals surface area contributed by atoms with Crippen molar-refractivity contribution in [3.8, 4) is 16.3 Å². The number of nitrogens with zero attached hydrogens (tertiary/aromatic N) is 2. The van der Waals surface area contributed by atoms with Gasteiger partial charge in [-0.1, -0.05) is 29.5 Å². The molecule has 0 spiro atoms. The Balaban J connectivity index is 1.83. The number of halogens is 1. The van der Waals surface area contributed by atoms with Gasteiger partial charge in [0.15, 0.2) is 10.3 Å². The zero-order valence-corrected chi connectivity index (χ0v) is 17.3. The second kappa shape index (κ2) is 8.08. The summed E-state index contributed by atoms with van der Waals surface area (Å²) in [6.45, 7) is 7.25. The molecule has 0 saturated heterocycles. The quantitative estimate of drug-likeness (QED) is 0.515. The maximum absolute atomic E-state index is 11.7. The Morgan fingerprint density at radius 3 is 2.78 bits per heavy atom. The van der Waals surface area contributed by atoms with E-state index in [1.165, 1.54) is 22.7 Å². The Bertz CT molecular complexity index is 1010. The third kappa shape index (κ3) is 4.47. The van der Waals surface area contributed by atoms with Gasteiger partial charge >= 0.3 is 0 Å². The van der Waals surface area contributed by atoms with E-state index in [-0.39, 0.29) is 5.91 Å². The summed E-state index contributed by atoms with van der Waals surface area (Å²) in [7, 11) is 1.60. The van der Waals surface area contributed by atoms with Crippen LogP contribution in [0, 0.1) is 6.92 Å². The van der Waals surface area contributed by atoms with E-state index in [4.69, 9.17) is 16.3 Å². The van der Waals surface area contributed by atoms with Gasteiger partial charge in [0.1, 0.15) is 5.75 Å². The molecule has 2 N–H and O–H groups in total. The molecule has 2 heterocycles. The lowest BCUT2D eigenvalue weighted by Gasteiger charge is -2.09. The molecular weight excluding hydrogens is 404 g/mol. The molecule has 3 aromatic rings. The van der Waals surface area contributed by atoms with E-state index < -0.39 is 0 Å². The Morgan fingerprint density at radius 2 is 2.07 bits per heavy atom. The van der Waals surface area contributed by atoms with Gasteiger partial charge in [-0.3, -0.25) is 10.1 Å². The summed E-state index contributed by atoms with van der Waals surface area (Å²) >= 11 is 8.95. The minimum absolute atomic E-state index is 0.249. The first-order chi connectivity index (χ1) is 12.9. The first kappa shape index (κ1) is 19.3. The molecule has 140 valence electrons. The summed E-state index contributed by atoms with van der Waals surface area (Å²) < 4.78 is 5.35. The maximum Gasteiger partial charge on any atom is 0.252 e. The van der Waals surface area contributed by atoms with E-state index in [2.05, 4.69) is 27.2 Å². The lowest BCUT2D eigenvalue weighted by molar-refractivity contribution is -0.112. The lowest BCUT2D eigenvalue weighted by atomic mass is 10.3. The Labute approximate surface area is 169 Å². The van der Waals surface area contributed by atoms with Crippen LogP contribution in [0.5, 0.6) is 5.75 Å². The van der Waals surface area contributed by atoms with Crippen molar-refractivity contribution in [2.24, 2.45) is 0 Å². The van der Waals surface area contributed by atoms with Crippen LogP contribution >= 0.6 is 34.3 Å². The Morgan fingerprint density at radius 1 is 1.30 bits per heavy atom. The van der Waals surface area contributed by atoms with E-state index in [0.717, 1.165) is 21.1 Å². The fourth-order valence-electron chi connectivity index (χ4n) is 2.22. The van der Waals surface area contributed by atoms with E-state index in [9.17, 15) is 4.79 Å². The minimum Gasteiger partial charge on any atom is -0.495 e. The number of hydrogen-bond donors (Lipinski definition) is 2. The van der Waals surface area contributed by atoms with Crippen LogP contribution in [0.25, 0.3) is 10.6 Å². The molecule has 3 rings (SSSR count). The van der Waals surface area contributed by atoms with E-state index >= 15 is 0 Å². The van der Waals surface area contributed by atoms with Crippen LogP contribution in [0.3, 0.4) is 0 Å². The number of carbonyl (C=O) groups excluding carboxylic acids is 1. The highest BCUT2D eigenvalue weighted by atomic mass is 35.5. The molecule has 1 aromatic carbocycles. The second-order valence-electron chi connectivity index (χ2n) is 5.66. The van der Waals surface area contributed by atoms with Gasteiger partial charge in [0.2, 0.25) is 0 Å². The normalized spacial score (nSPS) is 10.5. The van der Waals surface area contributed by atoms with Gasteiger partial charge < -0.3 is 10.1 Å². The number of hydrogen-bond acceptors (Lipinski definition) is 7. The number of amides is 1.